The van der Waals surface area contributed by atoms with Gasteiger partial charge in [0.25, 0.3) is 0 Å². The molecule has 0 heterocycles. The maximum Gasteiger partial charge on any atom is 0.394 e. The molecule has 0 aliphatic heterocycles. The van der Waals surface area contributed by atoms with Crippen LogP contribution in [0.5, 0.6) is 17.2 Å². The molecule has 0 fully saturated rings. The molecule has 7 nitrogen and oxygen atoms in total. The van der Waals surface area contributed by atoms with Crippen LogP contribution in [-0.4, -0.2) is 32.6 Å². The number of carbonyl (C=O) groups excluding carboxylic acids is 1. The van der Waals surface area contributed by atoms with Gasteiger partial charge in [-0.05, 0) is 36.4 Å². The molecule has 126 valence electrons. The third kappa shape index (κ3) is 4.64. The summed E-state index contributed by atoms with van der Waals surface area (Å²) in [4.78, 5) is 16.6. The molecule has 0 radical (unpaired) electrons. The van der Waals surface area contributed by atoms with Crippen LogP contribution in [0.3, 0.4) is 0 Å². The molecule has 7 heteroatoms. The lowest BCUT2D eigenvalue weighted by Gasteiger charge is -2.08. The van der Waals surface area contributed by atoms with Gasteiger partial charge in [0.2, 0.25) is 0 Å². The van der Waals surface area contributed by atoms with Crippen molar-refractivity contribution in [3.63, 3.8) is 0 Å². The number of nitrogen functional groups attached to an aromatic ring is 1. The van der Waals surface area contributed by atoms with Crippen LogP contribution >= 0.6 is 0 Å². The highest BCUT2D eigenvalue weighted by molar-refractivity contribution is 5.93. The van der Waals surface area contributed by atoms with Gasteiger partial charge in [0.15, 0.2) is 18.1 Å². The highest BCUT2D eigenvalue weighted by Crippen LogP contribution is 2.25. The lowest BCUT2D eigenvalue weighted by atomic mass is 10.2. The Labute approximate surface area is 139 Å². The smallest absolute Gasteiger partial charge is 0.394 e. The third-order valence-corrected chi connectivity index (χ3v) is 3.09. The van der Waals surface area contributed by atoms with Gasteiger partial charge in [0, 0.05) is 0 Å². The average molecular weight is 331 g/mol. The molecular weight excluding hydrogens is 312 g/mol. The molecule has 2 aromatic rings. The van der Waals surface area contributed by atoms with E-state index >= 15 is 0 Å². The normalized spacial score (nSPS) is 10.8. The molecule has 0 atom stereocenters. The number of methoxy groups -OCH3 is 2. The van der Waals surface area contributed by atoms with Crippen LogP contribution in [0.15, 0.2) is 48.5 Å². The van der Waals surface area contributed by atoms with E-state index in [1.54, 1.807) is 55.6 Å². The van der Waals surface area contributed by atoms with Gasteiger partial charge in [-0.1, -0.05) is 17.3 Å². The van der Waals surface area contributed by atoms with E-state index < -0.39 is 5.97 Å². The lowest BCUT2D eigenvalue weighted by Crippen LogP contribution is -2.76. The van der Waals surface area contributed by atoms with Gasteiger partial charge in [0.05, 0.1) is 19.8 Å². The molecule has 0 bridgehead atoms. The van der Waals surface area contributed by atoms with E-state index in [1.165, 1.54) is 7.11 Å². The minimum absolute atomic E-state index is 0.197. The van der Waals surface area contributed by atoms with Crippen LogP contribution in [-0.2, 0) is 9.63 Å². The number of carbonyl (C=O) groups is 1. The molecular formula is C17H19N2O5+. The van der Waals surface area contributed by atoms with Crippen LogP contribution < -0.4 is 25.1 Å². The number of hydrogen-bond acceptors (Lipinski definition) is 5. The number of ether oxygens (including phenoxy) is 3. The van der Waals surface area contributed by atoms with E-state index in [-0.39, 0.29) is 12.4 Å². The van der Waals surface area contributed by atoms with Crippen molar-refractivity contribution in [2.45, 2.75) is 0 Å². The van der Waals surface area contributed by atoms with E-state index in [9.17, 15) is 4.79 Å². The second-order valence-corrected chi connectivity index (χ2v) is 4.66. The van der Waals surface area contributed by atoms with Crippen LogP contribution in [0.4, 0.5) is 0 Å². The van der Waals surface area contributed by atoms with E-state index in [1.807, 2.05) is 0 Å². The fourth-order valence-electron chi connectivity index (χ4n) is 1.85. The van der Waals surface area contributed by atoms with Crippen LogP contribution in [0, 0.1) is 0 Å². The van der Waals surface area contributed by atoms with Crippen LogP contribution in [0.25, 0.3) is 0 Å². The first-order valence-electron chi connectivity index (χ1n) is 7.12. The van der Waals surface area contributed by atoms with Crippen molar-refractivity contribution >= 4 is 11.8 Å². The predicted molar refractivity (Wildman–Crippen MR) is 86.8 cm³/mol. The fourth-order valence-corrected chi connectivity index (χ4v) is 1.85. The zero-order valence-corrected chi connectivity index (χ0v) is 13.4. The Bertz CT molecular complexity index is 713. The Balaban J connectivity index is 1.89. The van der Waals surface area contributed by atoms with Gasteiger partial charge in [-0.2, -0.15) is 0 Å². The largest absolute Gasteiger partial charge is 0.497 e. The number of hydrogen-bond donors (Lipinski definition) is 2. The highest BCUT2D eigenvalue weighted by Gasteiger charge is 2.11. The van der Waals surface area contributed by atoms with Crippen molar-refractivity contribution < 1.29 is 29.0 Å². The number of rotatable bonds is 7. The number of para-hydroxylation sites is 2. The van der Waals surface area contributed by atoms with Crippen molar-refractivity contribution in [3.05, 3.63) is 54.1 Å². The maximum atomic E-state index is 11.7. The molecule has 0 amide bonds. The minimum Gasteiger partial charge on any atom is -0.497 e. The van der Waals surface area contributed by atoms with Gasteiger partial charge < -0.3 is 14.2 Å². The molecule has 2 aromatic carbocycles. The predicted octanol–water partition coefficient (Wildman–Crippen LogP) is 0.0269. The van der Waals surface area contributed by atoms with Gasteiger partial charge in [-0.25, -0.2) is 4.79 Å². The summed E-state index contributed by atoms with van der Waals surface area (Å²) in [5.74, 6) is 1.25. The highest BCUT2D eigenvalue weighted by atomic mass is 16.7. The summed E-state index contributed by atoms with van der Waals surface area (Å²) in [6.45, 7) is -0.288. The molecule has 0 aromatic heterocycles. The molecule has 0 saturated carbocycles. The number of benzene rings is 2. The summed E-state index contributed by atoms with van der Waals surface area (Å²) in [5, 5.41) is 2.39. The number of nitrogens with one attached hydrogen (secondary N) is 1. The SMILES string of the molecule is COc1ccc(C(N)=[NH+]OC(=O)COc2ccccc2OC)cc1. The van der Waals surface area contributed by atoms with Crippen molar-refractivity contribution in [1.29, 1.82) is 0 Å². The zero-order valence-electron chi connectivity index (χ0n) is 13.4. The summed E-state index contributed by atoms with van der Waals surface area (Å²) in [7, 11) is 3.09. The summed E-state index contributed by atoms with van der Waals surface area (Å²) in [5.41, 5.74) is 6.48. The third-order valence-electron chi connectivity index (χ3n) is 3.09. The van der Waals surface area contributed by atoms with Gasteiger partial charge in [-0.3, -0.25) is 10.6 Å². The first kappa shape index (κ1) is 17.1. The Morgan fingerprint density at radius 2 is 1.67 bits per heavy atom. The van der Waals surface area contributed by atoms with Gasteiger partial charge >= 0.3 is 11.8 Å². The molecule has 24 heavy (non-hydrogen) atoms. The van der Waals surface area contributed by atoms with Crippen molar-refractivity contribution in [2.75, 3.05) is 20.8 Å². The first-order valence-corrected chi connectivity index (χ1v) is 7.12. The average Bonchev–Trinajstić information content (AvgIpc) is 2.64. The van der Waals surface area contributed by atoms with Crippen LogP contribution in [0.2, 0.25) is 0 Å². The Hall–Kier alpha value is -3.22. The van der Waals surface area contributed by atoms with E-state index in [2.05, 4.69) is 5.16 Å². The Morgan fingerprint density at radius 1 is 1.00 bits per heavy atom. The van der Waals surface area contributed by atoms with Crippen LogP contribution in [0.1, 0.15) is 5.56 Å². The standard InChI is InChI=1S/C17H18N2O5/c1-21-13-9-7-12(8-10-13)17(18)19-24-16(20)11-23-15-6-4-3-5-14(15)22-2/h3-10H,11H2,1-2H3,(H2,18,19)/p+1. The monoisotopic (exact) mass is 331 g/mol. The summed E-state index contributed by atoms with van der Waals surface area (Å²) < 4.78 is 15.5. The fraction of sp³-hybridized carbons (Fsp3) is 0.176. The van der Waals surface area contributed by atoms with E-state index in [0.717, 1.165) is 0 Å². The van der Waals surface area contributed by atoms with Gasteiger partial charge in [0.1, 0.15) is 5.75 Å². The Kier molecular flexibility index (Phi) is 6.01. The lowest BCUT2D eigenvalue weighted by molar-refractivity contribution is -0.724. The van der Waals surface area contributed by atoms with Crippen molar-refractivity contribution in [3.8, 4) is 17.2 Å². The molecule has 3 N–H and O–H groups in total. The second-order valence-electron chi connectivity index (χ2n) is 4.66. The van der Waals surface area contributed by atoms with E-state index in [4.69, 9.17) is 24.8 Å². The number of nitrogens with two attached hydrogens (primary N) is 1. The molecule has 0 aliphatic carbocycles. The Morgan fingerprint density at radius 3 is 2.29 bits per heavy atom. The van der Waals surface area contributed by atoms with Crippen molar-refractivity contribution in [2.24, 2.45) is 5.73 Å². The molecule has 2 rings (SSSR count). The first-order chi connectivity index (χ1) is 11.6. The van der Waals surface area contributed by atoms with Gasteiger partial charge in [-0.15, -0.1) is 0 Å². The topological polar surface area (TPSA) is 94.0 Å². The summed E-state index contributed by atoms with van der Waals surface area (Å²) in [6.07, 6.45) is 0. The summed E-state index contributed by atoms with van der Waals surface area (Å²) >= 11 is 0. The minimum atomic E-state index is -0.627. The van der Waals surface area contributed by atoms with E-state index in [0.29, 0.717) is 22.8 Å². The summed E-state index contributed by atoms with van der Waals surface area (Å²) in [6, 6.07) is 14.0. The molecule has 0 spiro atoms. The molecule has 0 unspecified atom stereocenters. The molecule has 0 saturated heterocycles. The zero-order chi connectivity index (χ0) is 17.4. The number of amidine groups is 1. The quantitative estimate of drug-likeness (QED) is 0.322. The second kappa shape index (κ2) is 8.42. The molecule has 0 aliphatic rings. The van der Waals surface area contributed by atoms with Crippen molar-refractivity contribution in [1.82, 2.24) is 0 Å². The maximum absolute atomic E-state index is 11.7.